The van der Waals surface area contributed by atoms with Gasteiger partial charge in [-0.15, -0.1) is 0 Å². The van der Waals surface area contributed by atoms with Crippen molar-refractivity contribution in [2.24, 2.45) is 0 Å². The lowest BCUT2D eigenvalue weighted by molar-refractivity contribution is -0.142. The maximum atomic E-state index is 12.3. The van der Waals surface area contributed by atoms with Crippen LogP contribution < -0.4 is 0 Å². The predicted molar refractivity (Wildman–Crippen MR) is 69.5 cm³/mol. The van der Waals surface area contributed by atoms with E-state index in [1.54, 1.807) is 11.9 Å². The quantitative estimate of drug-likeness (QED) is 0.841. The van der Waals surface area contributed by atoms with Crippen molar-refractivity contribution in [3.05, 3.63) is 0 Å². The molecular formula is C13H24N2O3. The van der Waals surface area contributed by atoms with E-state index in [0.29, 0.717) is 19.5 Å². The fourth-order valence-electron chi connectivity index (χ4n) is 2.42. The minimum absolute atomic E-state index is 0.147. The van der Waals surface area contributed by atoms with Crippen molar-refractivity contribution >= 4 is 12.0 Å². The van der Waals surface area contributed by atoms with Crippen LogP contribution in [0.25, 0.3) is 0 Å². The Morgan fingerprint density at radius 1 is 1.28 bits per heavy atom. The number of amides is 2. The SMILES string of the molecule is CCCN(C)C(=O)N1CCCCCCC1C(=O)O. The molecule has 1 aliphatic rings. The molecule has 5 nitrogen and oxygen atoms in total. The van der Waals surface area contributed by atoms with Gasteiger partial charge >= 0.3 is 12.0 Å². The molecule has 0 aliphatic carbocycles. The van der Waals surface area contributed by atoms with Gasteiger partial charge in [0.15, 0.2) is 0 Å². The fraction of sp³-hybridized carbons (Fsp3) is 0.846. The molecule has 0 radical (unpaired) electrons. The van der Waals surface area contributed by atoms with Crippen LogP contribution in [0.5, 0.6) is 0 Å². The lowest BCUT2D eigenvalue weighted by Gasteiger charge is -2.34. The highest BCUT2D eigenvalue weighted by Gasteiger charge is 2.31. The lowest BCUT2D eigenvalue weighted by atomic mass is 10.0. The number of hydrogen-bond donors (Lipinski definition) is 1. The molecule has 5 heteroatoms. The number of hydrogen-bond acceptors (Lipinski definition) is 2. The summed E-state index contributed by atoms with van der Waals surface area (Å²) in [6.07, 6.45) is 5.38. The maximum absolute atomic E-state index is 12.3. The average molecular weight is 256 g/mol. The molecule has 1 rings (SSSR count). The number of urea groups is 1. The van der Waals surface area contributed by atoms with Gasteiger partial charge in [0.2, 0.25) is 0 Å². The normalized spacial score (nSPS) is 21.0. The van der Waals surface area contributed by atoms with Crippen LogP contribution in [-0.4, -0.2) is 53.1 Å². The molecule has 104 valence electrons. The van der Waals surface area contributed by atoms with Crippen molar-refractivity contribution in [3.8, 4) is 0 Å². The second-order valence-corrected chi connectivity index (χ2v) is 4.95. The minimum atomic E-state index is -0.879. The predicted octanol–water partition coefficient (Wildman–Crippen LogP) is 2.17. The van der Waals surface area contributed by atoms with Crippen molar-refractivity contribution in [1.29, 1.82) is 0 Å². The van der Waals surface area contributed by atoms with Crippen LogP contribution in [0.3, 0.4) is 0 Å². The van der Waals surface area contributed by atoms with E-state index in [4.69, 9.17) is 0 Å². The standard InChI is InChI=1S/C13H24N2O3/c1-3-9-14(2)13(18)15-10-7-5-4-6-8-11(15)12(16)17/h11H,3-10H2,1-2H3,(H,16,17). The third-order valence-electron chi connectivity index (χ3n) is 3.42. The third-order valence-corrected chi connectivity index (χ3v) is 3.42. The van der Waals surface area contributed by atoms with Gasteiger partial charge in [0.25, 0.3) is 0 Å². The van der Waals surface area contributed by atoms with E-state index in [1.165, 1.54) is 4.90 Å². The summed E-state index contributed by atoms with van der Waals surface area (Å²) in [4.78, 5) is 26.7. The lowest BCUT2D eigenvalue weighted by Crippen LogP contribution is -2.51. The molecular weight excluding hydrogens is 232 g/mol. The van der Waals surface area contributed by atoms with E-state index >= 15 is 0 Å². The molecule has 2 amide bonds. The number of carboxylic acid groups (broad SMARTS) is 1. The average Bonchev–Trinajstić information content (AvgIpc) is 2.27. The largest absolute Gasteiger partial charge is 0.480 e. The topological polar surface area (TPSA) is 60.9 Å². The van der Waals surface area contributed by atoms with Gasteiger partial charge < -0.3 is 14.9 Å². The number of nitrogens with zero attached hydrogens (tertiary/aromatic N) is 2. The summed E-state index contributed by atoms with van der Waals surface area (Å²) in [5.74, 6) is -0.879. The third kappa shape index (κ3) is 3.89. The summed E-state index contributed by atoms with van der Waals surface area (Å²) in [7, 11) is 1.74. The van der Waals surface area contributed by atoms with Gasteiger partial charge in [-0.1, -0.05) is 26.2 Å². The van der Waals surface area contributed by atoms with Crippen LogP contribution in [0.15, 0.2) is 0 Å². The first kappa shape index (κ1) is 14.8. The van der Waals surface area contributed by atoms with Crippen molar-refractivity contribution in [3.63, 3.8) is 0 Å². The first-order chi connectivity index (χ1) is 8.57. The van der Waals surface area contributed by atoms with E-state index in [2.05, 4.69) is 0 Å². The number of likely N-dealkylation sites (tertiary alicyclic amines) is 1. The van der Waals surface area contributed by atoms with E-state index in [1.807, 2.05) is 6.92 Å². The van der Waals surface area contributed by atoms with Crippen LogP contribution in [0.4, 0.5) is 4.79 Å². The summed E-state index contributed by atoms with van der Waals surface area (Å²) in [5, 5.41) is 9.27. The van der Waals surface area contributed by atoms with Gasteiger partial charge in [-0.05, 0) is 19.3 Å². The molecule has 0 aromatic carbocycles. The summed E-state index contributed by atoms with van der Waals surface area (Å²) in [6.45, 7) is 3.23. The highest BCUT2D eigenvalue weighted by molar-refractivity contribution is 5.82. The molecule has 0 aromatic rings. The Morgan fingerprint density at radius 3 is 2.56 bits per heavy atom. The molecule has 1 fully saturated rings. The molecule has 1 saturated heterocycles. The van der Waals surface area contributed by atoms with Gasteiger partial charge in [-0.2, -0.15) is 0 Å². The van der Waals surface area contributed by atoms with Crippen LogP contribution in [0, 0.1) is 0 Å². The van der Waals surface area contributed by atoms with E-state index in [-0.39, 0.29) is 6.03 Å². The van der Waals surface area contributed by atoms with Gasteiger partial charge in [-0.25, -0.2) is 9.59 Å². The molecule has 1 atom stereocenters. The molecule has 0 saturated carbocycles. The molecule has 1 unspecified atom stereocenters. The molecule has 1 heterocycles. The highest BCUT2D eigenvalue weighted by Crippen LogP contribution is 2.18. The Kier molecular flexibility index (Phi) is 5.95. The van der Waals surface area contributed by atoms with Crippen molar-refractivity contribution in [2.75, 3.05) is 20.1 Å². The monoisotopic (exact) mass is 256 g/mol. The Labute approximate surface area is 109 Å². The molecule has 1 N–H and O–H groups in total. The van der Waals surface area contributed by atoms with Crippen LogP contribution in [0.1, 0.15) is 45.4 Å². The minimum Gasteiger partial charge on any atom is -0.480 e. The number of carbonyl (C=O) groups is 2. The van der Waals surface area contributed by atoms with Crippen LogP contribution >= 0.6 is 0 Å². The first-order valence-electron chi connectivity index (χ1n) is 6.82. The van der Waals surface area contributed by atoms with Crippen LogP contribution in [0.2, 0.25) is 0 Å². The zero-order valence-electron chi connectivity index (χ0n) is 11.4. The molecule has 0 aromatic heterocycles. The highest BCUT2D eigenvalue weighted by atomic mass is 16.4. The second-order valence-electron chi connectivity index (χ2n) is 4.95. The molecule has 0 bridgehead atoms. The summed E-state index contributed by atoms with van der Waals surface area (Å²) < 4.78 is 0. The fourth-order valence-corrected chi connectivity index (χ4v) is 2.42. The van der Waals surface area contributed by atoms with Gasteiger partial charge in [0, 0.05) is 20.1 Å². The van der Waals surface area contributed by atoms with E-state index in [9.17, 15) is 14.7 Å². The number of rotatable bonds is 3. The van der Waals surface area contributed by atoms with Crippen LogP contribution in [-0.2, 0) is 4.79 Å². The Morgan fingerprint density at radius 2 is 1.94 bits per heavy atom. The number of aliphatic carboxylic acids is 1. The van der Waals surface area contributed by atoms with Crippen molar-refractivity contribution in [1.82, 2.24) is 9.80 Å². The van der Waals surface area contributed by atoms with Gasteiger partial charge in [0.05, 0.1) is 0 Å². The Balaban J connectivity index is 2.76. The second kappa shape index (κ2) is 7.24. The summed E-state index contributed by atoms with van der Waals surface area (Å²) in [6, 6.07) is -0.803. The van der Waals surface area contributed by atoms with Gasteiger partial charge in [-0.3, -0.25) is 0 Å². The zero-order chi connectivity index (χ0) is 13.5. The van der Waals surface area contributed by atoms with E-state index < -0.39 is 12.0 Å². The zero-order valence-corrected chi connectivity index (χ0v) is 11.4. The van der Waals surface area contributed by atoms with Crippen molar-refractivity contribution < 1.29 is 14.7 Å². The molecule has 1 aliphatic heterocycles. The molecule has 18 heavy (non-hydrogen) atoms. The first-order valence-corrected chi connectivity index (χ1v) is 6.82. The van der Waals surface area contributed by atoms with Crippen molar-refractivity contribution in [2.45, 2.75) is 51.5 Å². The Bertz CT molecular complexity index is 294. The summed E-state index contributed by atoms with van der Waals surface area (Å²) in [5.41, 5.74) is 0. The summed E-state index contributed by atoms with van der Waals surface area (Å²) >= 11 is 0. The Hall–Kier alpha value is -1.26. The number of carboxylic acids is 1. The smallest absolute Gasteiger partial charge is 0.326 e. The van der Waals surface area contributed by atoms with Gasteiger partial charge in [0.1, 0.15) is 6.04 Å². The molecule has 0 spiro atoms. The van der Waals surface area contributed by atoms with E-state index in [0.717, 1.165) is 32.1 Å². The maximum Gasteiger partial charge on any atom is 0.326 e. The number of carbonyl (C=O) groups excluding carboxylic acids is 1.